The zero-order valence-corrected chi connectivity index (χ0v) is 32.8. The van der Waals surface area contributed by atoms with Gasteiger partial charge < -0.3 is 38.1 Å². The number of carbonyl (C=O) groups is 2. The zero-order valence-electron chi connectivity index (χ0n) is 32.8. The number of esters is 1. The summed E-state index contributed by atoms with van der Waals surface area (Å²) >= 11 is 0. The van der Waals surface area contributed by atoms with E-state index < -0.39 is 5.60 Å². The Morgan fingerprint density at radius 1 is 0.963 bits per heavy atom. The second kappa shape index (κ2) is 25.2. The molecule has 1 amide bonds. The molecule has 1 aliphatic rings. The summed E-state index contributed by atoms with van der Waals surface area (Å²) in [7, 11) is 3.49. The number of fused-ring (bicyclic) bond motifs is 1. The van der Waals surface area contributed by atoms with Crippen LogP contribution in [0.25, 0.3) is 10.4 Å². The molecule has 0 saturated carbocycles. The fraction of sp³-hybridized carbons (Fsp3) is 0.667. The Kier molecular flexibility index (Phi) is 20.7. The second-order valence-electron chi connectivity index (χ2n) is 14.0. The highest BCUT2D eigenvalue weighted by Gasteiger charge is 2.28. The third-order valence-electron chi connectivity index (χ3n) is 8.45. The molecule has 0 saturated heterocycles. The van der Waals surface area contributed by atoms with E-state index in [0.29, 0.717) is 84.8 Å². The van der Waals surface area contributed by atoms with Gasteiger partial charge in [-0.25, -0.2) is 9.78 Å². The van der Waals surface area contributed by atoms with Crippen LogP contribution in [0.15, 0.2) is 41.5 Å². The van der Waals surface area contributed by atoms with Crippen molar-refractivity contribution in [3.63, 3.8) is 0 Å². The molecular weight excluding hydrogens is 696 g/mol. The van der Waals surface area contributed by atoms with Crippen molar-refractivity contribution < 1.29 is 42.7 Å². The number of aromatic nitrogens is 1. The Morgan fingerprint density at radius 2 is 1.65 bits per heavy atom. The van der Waals surface area contributed by atoms with Gasteiger partial charge in [0.2, 0.25) is 0 Å². The molecule has 0 unspecified atom stereocenters. The number of pyridine rings is 1. The highest BCUT2D eigenvalue weighted by molar-refractivity contribution is 5.88. The van der Waals surface area contributed by atoms with E-state index in [1.165, 1.54) is 7.11 Å². The van der Waals surface area contributed by atoms with Crippen LogP contribution in [0.3, 0.4) is 0 Å². The molecule has 300 valence electrons. The average molecular weight is 757 g/mol. The van der Waals surface area contributed by atoms with E-state index in [2.05, 4.69) is 34.1 Å². The number of hydrogen-bond acceptors (Lipinski definition) is 12. The first-order chi connectivity index (χ1) is 26.1. The van der Waals surface area contributed by atoms with Crippen LogP contribution in [0.2, 0.25) is 0 Å². The smallest absolute Gasteiger partial charge is 0.416 e. The molecule has 3 rings (SSSR count). The van der Waals surface area contributed by atoms with Gasteiger partial charge in [-0.3, -0.25) is 9.69 Å². The number of aryl methyl sites for hydroxylation is 2. The van der Waals surface area contributed by atoms with Crippen LogP contribution < -0.4 is 9.64 Å². The molecule has 0 radical (unpaired) electrons. The number of rotatable bonds is 26. The first-order valence-electron chi connectivity index (χ1n) is 18.9. The molecule has 15 nitrogen and oxygen atoms in total. The van der Waals surface area contributed by atoms with Crippen LogP contribution in [0, 0.1) is 0 Å². The summed E-state index contributed by atoms with van der Waals surface area (Å²) in [6, 6.07) is 12.0. The first kappa shape index (κ1) is 44.4. The highest BCUT2D eigenvalue weighted by atomic mass is 16.6. The summed E-state index contributed by atoms with van der Waals surface area (Å²) in [5.41, 5.74) is 10.7. The van der Waals surface area contributed by atoms with Gasteiger partial charge in [-0.05, 0) is 101 Å². The predicted octanol–water partition coefficient (Wildman–Crippen LogP) is 6.13. The topological polar surface area (TPSA) is 167 Å². The first-order valence-corrected chi connectivity index (χ1v) is 18.9. The van der Waals surface area contributed by atoms with Gasteiger partial charge in [0.1, 0.15) is 23.8 Å². The van der Waals surface area contributed by atoms with Crippen molar-refractivity contribution in [2.24, 2.45) is 5.11 Å². The third-order valence-corrected chi connectivity index (χ3v) is 8.45. The Labute approximate surface area is 320 Å². The van der Waals surface area contributed by atoms with E-state index in [1.54, 1.807) is 4.90 Å². The molecule has 0 aliphatic carbocycles. The fourth-order valence-electron chi connectivity index (χ4n) is 5.83. The fourth-order valence-corrected chi connectivity index (χ4v) is 5.83. The number of methoxy groups -OCH3 is 1. The minimum Gasteiger partial charge on any atom is -0.491 e. The minimum atomic E-state index is -0.565. The Morgan fingerprint density at radius 3 is 2.31 bits per heavy atom. The summed E-state index contributed by atoms with van der Waals surface area (Å²) in [4.78, 5) is 36.7. The third kappa shape index (κ3) is 17.9. The maximum absolute atomic E-state index is 12.9. The standard InChI is InChI=1S/C39H60N6O9/c1-39(2,3)54-38(47)45-18-9-11-31-14-15-34(42-37(31)45)12-6-7-17-44(4)30-33(29-36(46)48-5)32-10-8-13-35(28-32)53-27-26-52-25-24-51-23-22-50-21-20-49-19-16-41-43-40/h8,10,13-15,28,33H,6-7,9,11-12,16-27,29-30H2,1-5H3/t33-/m1/s1. The Bertz CT molecular complexity index is 1450. The number of amides is 1. The summed E-state index contributed by atoms with van der Waals surface area (Å²) < 4.78 is 38.5. The maximum Gasteiger partial charge on any atom is 0.416 e. The number of carbonyl (C=O) groups excluding carboxylic acids is 2. The largest absolute Gasteiger partial charge is 0.491 e. The summed E-state index contributed by atoms with van der Waals surface area (Å²) in [5, 5.41) is 3.39. The molecule has 0 N–H and O–H groups in total. The van der Waals surface area contributed by atoms with Gasteiger partial charge in [0.15, 0.2) is 0 Å². The van der Waals surface area contributed by atoms with Crippen LogP contribution >= 0.6 is 0 Å². The van der Waals surface area contributed by atoms with Gasteiger partial charge in [0, 0.05) is 36.2 Å². The van der Waals surface area contributed by atoms with Crippen molar-refractivity contribution in [1.29, 1.82) is 0 Å². The van der Waals surface area contributed by atoms with Crippen molar-refractivity contribution in [3.05, 3.63) is 63.7 Å². The van der Waals surface area contributed by atoms with Gasteiger partial charge in [0.05, 0.1) is 66.4 Å². The van der Waals surface area contributed by atoms with Gasteiger partial charge >= 0.3 is 12.1 Å². The number of likely N-dealkylation sites (N-methyl/N-ethyl adjacent to an activating group) is 1. The van der Waals surface area contributed by atoms with Crippen LogP contribution in [-0.4, -0.2) is 127 Å². The molecule has 54 heavy (non-hydrogen) atoms. The lowest BCUT2D eigenvalue weighted by Crippen LogP contribution is -2.40. The molecule has 1 aliphatic heterocycles. The van der Waals surface area contributed by atoms with E-state index in [1.807, 2.05) is 45.0 Å². The molecule has 0 fully saturated rings. The van der Waals surface area contributed by atoms with Gasteiger partial charge in [-0.15, -0.1) is 0 Å². The predicted molar refractivity (Wildman–Crippen MR) is 205 cm³/mol. The van der Waals surface area contributed by atoms with Crippen LogP contribution in [0.1, 0.15) is 69.2 Å². The van der Waals surface area contributed by atoms with Crippen molar-refractivity contribution in [3.8, 4) is 5.75 Å². The van der Waals surface area contributed by atoms with Crippen LogP contribution in [-0.2, 0) is 46.1 Å². The van der Waals surface area contributed by atoms with E-state index in [9.17, 15) is 9.59 Å². The molecule has 15 heteroatoms. The van der Waals surface area contributed by atoms with E-state index in [4.69, 9.17) is 43.7 Å². The normalized spacial score (nSPS) is 13.3. The number of benzene rings is 1. The minimum absolute atomic E-state index is 0.0683. The lowest BCUT2D eigenvalue weighted by Gasteiger charge is -2.31. The second-order valence-corrected chi connectivity index (χ2v) is 14.0. The molecule has 1 aromatic carbocycles. The van der Waals surface area contributed by atoms with E-state index >= 15 is 0 Å². The number of hydrogen-bond donors (Lipinski definition) is 0. The van der Waals surface area contributed by atoms with Gasteiger partial charge in [-0.2, -0.15) is 0 Å². The van der Waals surface area contributed by atoms with Crippen LogP contribution in [0.5, 0.6) is 5.75 Å². The number of ether oxygens (including phenoxy) is 7. The molecular formula is C39H60N6O9. The monoisotopic (exact) mass is 756 g/mol. The van der Waals surface area contributed by atoms with Crippen molar-refractivity contribution >= 4 is 17.9 Å². The van der Waals surface area contributed by atoms with Crippen molar-refractivity contribution in [1.82, 2.24) is 9.88 Å². The van der Waals surface area contributed by atoms with E-state index in [0.717, 1.165) is 61.3 Å². The molecule has 0 bridgehead atoms. The summed E-state index contributed by atoms with van der Waals surface area (Å²) in [5.74, 6) is 1.11. The summed E-state index contributed by atoms with van der Waals surface area (Å²) in [6.07, 6.45) is 4.41. The summed E-state index contributed by atoms with van der Waals surface area (Å²) in [6.45, 7) is 11.9. The average Bonchev–Trinajstić information content (AvgIpc) is 3.15. The molecule has 1 aromatic heterocycles. The lowest BCUT2D eigenvalue weighted by atomic mass is 9.94. The molecule has 0 spiro atoms. The van der Waals surface area contributed by atoms with Crippen molar-refractivity contribution in [2.45, 2.75) is 70.8 Å². The van der Waals surface area contributed by atoms with Gasteiger partial charge in [-0.1, -0.05) is 23.3 Å². The molecule has 2 heterocycles. The highest BCUT2D eigenvalue weighted by Crippen LogP contribution is 2.28. The number of unbranched alkanes of at least 4 members (excludes halogenated alkanes) is 1. The zero-order chi connectivity index (χ0) is 39.0. The number of anilines is 1. The number of azide groups is 1. The maximum atomic E-state index is 12.9. The van der Waals surface area contributed by atoms with E-state index in [-0.39, 0.29) is 24.4 Å². The Hall–Kier alpha value is -3.98. The lowest BCUT2D eigenvalue weighted by molar-refractivity contribution is -0.141. The van der Waals surface area contributed by atoms with Crippen molar-refractivity contribution in [2.75, 3.05) is 105 Å². The molecule has 2 aromatic rings. The van der Waals surface area contributed by atoms with Crippen LogP contribution in [0.4, 0.5) is 10.6 Å². The quantitative estimate of drug-likeness (QED) is 0.0356. The number of nitrogens with zero attached hydrogens (tertiary/aromatic N) is 6. The SMILES string of the molecule is COC(=O)C[C@H](CN(C)CCCCc1ccc2c(n1)N(C(=O)OC(C)(C)C)CCC2)c1cccc(OCCOCCOCCOCCOCCN=[N+]=[N-])c1. The Balaban J connectivity index is 1.37. The van der Waals surface area contributed by atoms with Gasteiger partial charge in [0.25, 0.3) is 0 Å². The molecule has 1 atom stereocenters.